The summed E-state index contributed by atoms with van der Waals surface area (Å²) in [6.07, 6.45) is 0.901. The van der Waals surface area contributed by atoms with Crippen molar-refractivity contribution in [1.29, 1.82) is 0 Å². The molecule has 19 heavy (non-hydrogen) atoms. The van der Waals surface area contributed by atoms with E-state index in [9.17, 15) is 0 Å². The molecule has 1 atom stereocenters. The van der Waals surface area contributed by atoms with Gasteiger partial charge in [-0.3, -0.25) is 0 Å². The lowest BCUT2D eigenvalue weighted by Gasteiger charge is -2.25. The zero-order valence-electron chi connectivity index (χ0n) is 11.6. The summed E-state index contributed by atoms with van der Waals surface area (Å²) in [6.45, 7) is 6.91. The molecule has 0 amide bonds. The lowest BCUT2D eigenvalue weighted by atomic mass is 10.0. The van der Waals surface area contributed by atoms with Crippen LogP contribution in [0.4, 0.5) is 5.69 Å². The topological polar surface area (TPSA) is 48.1 Å². The van der Waals surface area contributed by atoms with E-state index in [1.165, 1.54) is 0 Å². The Morgan fingerprint density at radius 2 is 2.05 bits per heavy atom. The fourth-order valence-corrected chi connectivity index (χ4v) is 3.01. The molecule has 1 aromatic heterocycles. The summed E-state index contributed by atoms with van der Waals surface area (Å²) in [5.41, 5.74) is 8.36. The Bertz CT molecular complexity index is 553. The molecule has 1 unspecified atom stereocenters. The molecule has 0 aliphatic rings. The normalized spacial score (nSPS) is 14.3. The number of nitrogens with zero attached hydrogens (tertiary/aromatic N) is 1. The largest absolute Gasteiger partial charge is 0.398 e. The van der Waals surface area contributed by atoms with Crippen molar-refractivity contribution in [1.82, 2.24) is 4.98 Å². The fourth-order valence-electron chi connectivity index (χ4n) is 2.00. The molecule has 0 saturated carbocycles. The van der Waals surface area contributed by atoms with E-state index in [-0.39, 0.29) is 5.60 Å². The number of aromatic nitrogens is 1. The van der Waals surface area contributed by atoms with E-state index in [2.05, 4.69) is 13.8 Å². The van der Waals surface area contributed by atoms with Crippen molar-refractivity contribution in [3.8, 4) is 11.3 Å². The number of rotatable bonds is 5. The van der Waals surface area contributed by atoms with E-state index in [1.807, 2.05) is 36.6 Å². The van der Waals surface area contributed by atoms with Crippen LogP contribution >= 0.6 is 11.3 Å². The average molecular weight is 276 g/mol. The van der Waals surface area contributed by atoms with Crippen LogP contribution in [0.1, 0.15) is 32.2 Å². The fraction of sp³-hybridized carbons (Fsp3) is 0.400. The Kier molecular flexibility index (Phi) is 4.22. The Morgan fingerprint density at radius 1 is 1.32 bits per heavy atom. The first-order valence-corrected chi connectivity index (χ1v) is 7.43. The van der Waals surface area contributed by atoms with Gasteiger partial charge in [-0.1, -0.05) is 25.1 Å². The van der Waals surface area contributed by atoms with Gasteiger partial charge in [0.15, 0.2) is 0 Å². The highest BCUT2D eigenvalue weighted by Gasteiger charge is 2.28. The molecule has 0 bridgehead atoms. The molecule has 3 nitrogen and oxygen atoms in total. The van der Waals surface area contributed by atoms with Gasteiger partial charge in [0, 0.05) is 23.2 Å². The van der Waals surface area contributed by atoms with Crippen LogP contribution < -0.4 is 5.73 Å². The number of nitrogens with two attached hydrogens (primary N) is 1. The lowest BCUT2D eigenvalue weighted by Crippen LogP contribution is -2.24. The van der Waals surface area contributed by atoms with Gasteiger partial charge in [0.25, 0.3) is 0 Å². The van der Waals surface area contributed by atoms with E-state index in [1.54, 1.807) is 11.3 Å². The Balaban J connectivity index is 2.36. The second-order valence-corrected chi connectivity index (χ2v) is 5.50. The minimum absolute atomic E-state index is 0.304. The number of hydrogen-bond acceptors (Lipinski definition) is 4. The maximum absolute atomic E-state index is 6.00. The molecule has 4 heteroatoms. The number of anilines is 1. The first kappa shape index (κ1) is 14.0. The van der Waals surface area contributed by atoms with Crippen LogP contribution in [0.15, 0.2) is 29.6 Å². The van der Waals surface area contributed by atoms with Gasteiger partial charge in [0.1, 0.15) is 10.6 Å². The predicted octanol–water partition coefficient (Wildman–Crippen LogP) is 4.05. The Labute approximate surface area is 118 Å². The molecular formula is C15H20N2OS. The van der Waals surface area contributed by atoms with Crippen LogP contribution in [0, 0.1) is 0 Å². The highest BCUT2D eigenvalue weighted by Crippen LogP contribution is 2.35. The third kappa shape index (κ3) is 2.80. The van der Waals surface area contributed by atoms with Gasteiger partial charge < -0.3 is 10.5 Å². The molecule has 0 aliphatic carbocycles. The quantitative estimate of drug-likeness (QED) is 0.838. The summed E-state index contributed by atoms with van der Waals surface area (Å²) in [5, 5.41) is 3.06. The highest BCUT2D eigenvalue weighted by molar-refractivity contribution is 7.10. The van der Waals surface area contributed by atoms with Crippen molar-refractivity contribution < 1.29 is 4.74 Å². The van der Waals surface area contributed by atoms with Gasteiger partial charge in [0.2, 0.25) is 0 Å². The summed E-state index contributed by atoms with van der Waals surface area (Å²) in [5.74, 6) is 0. The smallest absolute Gasteiger partial charge is 0.125 e. The van der Waals surface area contributed by atoms with E-state index in [0.29, 0.717) is 6.61 Å². The number of thiazole rings is 1. The maximum Gasteiger partial charge on any atom is 0.125 e. The third-order valence-electron chi connectivity index (χ3n) is 3.33. The molecule has 0 spiro atoms. The molecule has 2 N–H and O–H groups in total. The minimum atomic E-state index is -0.304. The molecule has 0 radical (unpaired) electrons. The van der Waals surface area contributed by atoms with Gasteiger partial charge in [-0.2, -0.15) is 0 Å². The zero-order chi connectivity index (χ0) is 13.9. The summed E-state index contributed by atoms with van der Waals surface area (Å²) < 4.78 is 5.86. The molecule has 0 aliphatic heterocycles. The Morgan fingerprint density at radius 3 is 2.68 bits per heavy atom. The van der Waals surface area contributed by atoms with Gasteiger partial charge in [-0.25, -0.2) is 4.98 Å². The molecule has 0 fully saturated rings. The summed E-state index contributed by atoms with van der Waals surface area (Å²) >= 11 is 1.63. The maximum atomic E-state index is 6.00. The van der Waals surface area contributed by atoms with Gasteiger partial charge in [-0.05, 0) is 26.3 Å². The SMILES string of the molecule is CCOC(C)(CC)c1nc(-c2ccccc2N)cs1. The van der Waals surface area contributed by atoms with Crippen LogP contribution in [0.5, 0.6) is 0 Å². The second-order valence-electron chi connectivity index (χ2n) is 4.64. The third-order valence-corrected chi connectivity index (χ3v) is 4.42. The van der Waals surface area contributed by atoms with Crippen molar-refractivity contribution in [2.75, 3.05) is 12.3 Å². The van der Waals surface area contributed by atoms with Gasteiger partial charge >= 0.3 is 0 Å². The summed E-state index contributed by atoms with van der Waals surface area (Å²) in [4.78, 5) is 4.72. The molecule has 0 saturated heterocycles. The van der Waals surface area contributed by atoms with Crippen molar-refractivity contribution in [3.63, 3.8) is 0 Å². The van der Waals surface area contributed by atoms with Gasteiger partial charge in [0.05, 0.1) is 5.69 Å². The molecule has 1 aromatic carbocycles. The van der Waals surface area contributed by atoms with E-state index >= 15 is 0 Å². The van der Waals surface area contributed by atoms with Crippen LogP contribution in [-0.4, -0.2) is 11.6 Å². The first-order valence-electron chi connectivity index (χ1n) is 6.55. The van der Waals surface area contributed by atoms with E-state index < -0.39 is 0 Å². The molecular weight excluding hydrogens is 256 g/mol. The zero-order valence-corrected chi connectivity index (χ0v) is 12.5. The van der Waals surface area contributed by atoms with Crippen molar-refractivity contribution in [2.24, 2.45) is 0 Å². The monoisotopic (exact) mass is 276 g/mol. The summed E-state index contributed by atoms with van der Waals surface area (Å²) in [6, 6.07) is 7.81. The van der Waals surface area contributed by atoms with E-state index in [0.717, 1.165) is 28.4 Å². The number of ether oxygens (including phenoxy) is 1. The molecule has 102 valence electrons. The molecule has 1 heterocycles. The Hall–Kier alpha value is -1.39. The lowest BCUT2D eigenvalue weighted by molar-refractivity contribution is -0.0324. The number of para-hydroxylation sites is 1. The second kappa shape index (κ2) is 5.72. The van der Waals surface area contributed by atoms with E-state index in [4.69, 9.17) is 15.5 Å². The number of nitrogen functional groups attached to an aromatic ring is 1. The van der Waals surface area contributed by atoms with Gasteiger partial charge in [-0.15, -0.1) is 11.3 Å². The first-order chi connectivity index (χ1) is 9.10. The number of benzene rings is 1. The van der Waals surface area contributed by atoms with Crippen LogP contribution in [0.25, 0.3) is 11.3 Å². The summed E-state index contributed by atoms with van der Waals surface area (Å²) in [7, 11) is 0. The standard InChI is InChI=1S/C15H20N2OS/c1-4-15(3,18-5-2)14-17-13(10-19-14)11-8-6-7-9-12(11)16/h6-10H,4-5,16H2,1-3H3. The van der Waals surface area contributed by atoms with Crippen LogP contribution in [0.2, 0.25) is 0 Å². The van der Waals surface area contributed by atoms with Crippen molar-refractivity contribution in [3.05, 3.63) is 34.7 Å². The highest BCUT2D eigenvalue weighted by atomic mass is 32.1. The minimum Gasteiger partial charge on any atom is -0.398 e. The van der Waals surface area contributed by atoms with Crippen LogP contribution in [0.3, 0.4) is 0 Å². The number of hydrogen-bond donors (Lipinski definition) is 1. The predicted molar refractivity (Wildman–Crippen MR) is 81.2 cm³/mol. The molecule has 2 rings (SSSR count). The van der Waals surface area contributed by atoms with Crippen LogP contribution in [-0.2, 0) is 10.3 Å². The van der Waals surface area contributed by atoms with Crippen molar-refractivity contribution in [2.45, 2.75) is 32.8 Å². The molecule has 2 aromatic rings. The van der Waals surface area contributed by atoms with Crippen molar-refractivity contribution >= 4 is 17.0 Å². The average Bonchev–Trinajstić information content (AvgIpc) is 2.89.